The van der Waals surface area contributed by atoms with Gasteiger partial charge in [-0.25, -0.2) is 0 Å². The molecule has 0 unspecified atom stereocenters. The van der Waals surface area contributed by atoms with Crippen molar-refractivity contribution in [3.05, 3.63) is 33.9 Å². The van der Waals surface area contributed by atoms with Gasteiger partial charge in [-0.3, -0.25) is 10.1 Å². The summed E-state index contributed by atoms with van der Waals surface area (Å²) >= 11 is 0. The maximum Gasteiger partial charge on any atom is 0.310 e. The largest absolute Gasteiger partial charge is 0.487 e. The fourth-order valence-electron chi connectivity index (χ4n) is 1.50. The van der Waals surface area contributed by atoms with E-state index < -0.39 is 4.92 Å². The first-order chi connectivity index (χ1) is 8.69. The molecule has 0 aliphatic carbocycles. The van der Waals surface area contributed by atoms with Crippen LogP contribution in [0.2, 0.25) is 0 Å². The molecule has 0 aliphatic rings. The second-order valence-corrected chi connectivity index (χ2v) is 3.66. The van der Waals surface area contributed by atoms with Gasteiger partial charge in [0.1, 0.15) is 0 Å². The van der Waals surface area contributed by atoms with Gasteiger partial charge in [-0.15, -0.1) is 0 Å². The van der Waals surface area contributed by atoms with Crippen LogP contribution in [-0.2, 0) is 11.3 Å². The van der Waals surface area contributed by atoms with Crippen LogP contribution in [0, 0.1) is 10.1 Å². The summed E-state index contributed by atoms with van der Waals surface area (Å²) in [6, 6.07) is 4.89. The average Bonchev–Trinajstić information content (AvgIpc) is 2.35. The van der Waals surface area contributed by atoms with Crippen LogP contribution >= 0.6 is 0 Å². The quantitative estimate of drug-likeness (QED) is 0.434. The van der Waals surface area contributed by atoms with Crippen LogP contribution in [0.15, 0.2) is 18.2 Å². The number of rotatable bonds is 8. The summed E-state index contributed by atoms with van der Waals surface area (Å²) in [6.45, 7) is 4.19. The van der Waals surface area contributed by atoms with Gasteiger partial charge in [-0.2, -0.15) is 0 Å². The second-order valence-electron chi connectivity index (χ2n) is 3.66. The van der Waals surface area contributed by atoms with Crippen LogP contribution in [0.3, 0.4) is 0 Å². The monoisotopic (exact) mass is 254 g/mol. The predicted molar refractivity (Wildman–Crippen MR) is 67.8 cm³/mol. The van der Waals surface area contributed by atoms with Gasteiger partial charge in [0.05, 0.1) is 18.1 Å². The highest BCUT2D eigenvalue weighted by Gasteiger charge is 2.14. The van der Waals surface area contributed by atoms with Gasteiger partial charge in [0.25, 0.3) is 0 Å². The number of benzene rings is 1. The number of nitrogens with one attached hydrogen (secondary N) is 1. The summed E-state index contributed by atoms with van der Waals surface area (Å²) in [6.07, 6.45) is 0. The molecule has 1 aromatic carbocycles. The number of nitro benzene ring substituents is 1. The molecule has 0 saturated carbocycles. The van der Waals surface area contributed by atoms with Crippen molar-refractivity contribution >= 4 is 5.69 Å². The maximum atomic E-state index is 10.8. The van der Waals surface area contributed by atoms with Crippen molar-refractivity contribution in [3.63, 3.8) is 0 Å². The molecular formula is C12H18N2O4. The van der Waals surface area contributed by atoms with Crippen molar-refractivity contribution in [1.82, 2.24) is 5.32 Å². The van der Waals surface area contributed by atoms with Gasteiger partial charge in [-0.05, 0) is 18.6 Å². The molecule has 0 atom stereocenters. The van der Waals surface area contributed by atoms with Gasteiger partial charge < -0.3 is 14.8 Å². The molecule has 0 amide bonds. The molecule has 0 heterocycles. The third-order valence-electron chi connectivity index (χ3n) is 2.33. The zero-order chi connectivity index (χ0) is 13.4. The standard InChI is InChI=1S/C12H18N2O4/c1-3-18-12-8-10(9-13-6-7-17-2)4-5-11(12)14(15)16/h4-5,8,13H,3,6-7,9H2,1-2H3. The molecule has 100 valence electrons. The lowest BCUT2D eigenvalue weighted by Crippen LogP contribution is -2.18. The lowest BCUT2D eigenvalue weighted by atomic mass is 10.2. The predicted octanol–water partition coefficient (Wildman–Crippen LogP) is 1.73. The smallest absolute Gasteiger partial charge is 0.310 e. The molecule has 0 saturated heterocycles. The van der Waals surface area contributed by atoms with Gasteiger partial charge in [0.15, 0.2) is 5.75 Å². The highest BCUT2D eigenvalue weighted by Crippen LogP contribution is 2.27. The van der Waals surface area contributed by atoms with Crippen LogP contribution in [0.25, 0.3) is 0 Å². The van der Waals surface area contributed by atoms with E-state index in [-0.39, 0.29) is 5.69 Å². The highest BCUT2D eigenvalue weighted by molar-refractivity contribution is 5.48. The minimum absolute atomic E-state index is 0.00232. The van der Waals surface area contributed by atoms with Gasteiger partial charge in [0.2, 0.25) is 0 Å². The first-order valence-corrected chi connectivity index (χ1v) is 5.78. The zero-order valence-corrected chi connectivity index (χ0v) is 10.6. The zero-order valence-electron chi connectivity index (χ0n) is 10.6. The van der Waals surface area contributed by atoms with E-state index in [0.29, 0.717) is 25.5 Å². The highest BCUT2D eigenvalue weighted by atomic mass is 16.6. The average molecular weight is 254 g/mol. The van der Waals surface area contributed by atoms with E-state index >= 15 is 0 Å². The maximum absolute atomic E-state index is 10.8. The summed E-state index contributed by atoms with van der Waals surface area (Å²) < 4.78 is 10.2. The topological polar surface area (TPSA) is 73.6 Å². The Hall–Kier alpha value is -1.66. The van der Waals surface area contributed by atoms with Gasteiger partial charge >= 0.3 is 5.69 Å². The van der Waals surface area contributed by atoms with Crippen molar-refractivity contribution in [2.75, 3.05) is 26.9 Å². The van der Waals surface area contributed by atoms with E-state index in [0.717, 1.165) is 12.1 Å². The fraction of sp³-hybridized carbons (Fsp3) is 0.500. The molecule has 0 aromatic heterocycles. The molecule has 1 N–H and O–H groups in total. The van der Waals surface area contributed by atoms with Crippen LogP contribution in [0.5, 0.6) is 5.75 Å². The van der Waals surface area contributed by atoms with Crippen molar-refractivity contribution in [2.45, 2.75) is 13.5 Å². The lowest BCUT2D eigenvalue weighted by molar-refractivity contribution is -0.385. The SMILES string of the molecule is CCOc1cc(CNCCOC)ccc1[N+](=O)[O-]. The number of nitrogens with zero attached hydrogens (tertiary/aromatic N) is 1. The minimum atomic E-state index is -0.437. The van der Waals surface area contributed by atoms with E-state index in [1.165, 1.54) is 6.07 Å². The first kappa shape index (κ1) is 14.4. The Labute approximate surface area is 106 Å². The molecule has 0 bridgehead atoms. The van der Waals surface area contributed by atoms with Gasteiger partial charge in [-0.1, -0.05) is 6.07 Å². The molecule has 1 aromatic rings. The molecule has 1 rings (SSSR count). The molecule has 6 nitrogen and oxygen atoms in total. The van der Waals surface area contributed by atoms with Crippen molar-refractivity contribution in [1.29, 1.82) is 0 Å². The van der Waals surface area contributed by atoms with Crippen LogP contribution in [0.1, 0.15) is 12.5 Å². The second kappa shape index (κ2) is 7.62. The van der Waals surface area contributed by atoms with Crippen LogP contribution < -0.4 is 10.1 Å². The van der Waals surface area contributed by atoms with Crippen LogP contribution in [0.4, 0.5) is 5.69 Å². The molecule has 0 radical (unpaired) electrons. The van der Waals surface area contributed by atoms with E-state index in [2.05, 4.69) is 5.32 Å². The molecule has 6 heteroatoms. The lowest BCUT2D eigenvalue weighted by Gasteiger charge is -2.08. The van der Waals surface area contributed by atoms with Crippen molar-refractivity contribution in [2.24, 2.45) is 0 Å². The van der Waals surface area contributed by atoms with E-state index in [1.807, 2.05) is 0 Å². The number of ether oxygens (including phenoxy) is 2. The number of methoxy groups -OCH3 is 1. The Kier molecular flexibility index (Phi) is 6.10. The van der Waals surface area contributed by atoms with E-state index in [4.69, 9.17) is 9.47 Å². The van der Waals surface area contributed by atoms with E-state index in [9.17, 15) is 10.1 Å². The molecule has 0 spiro atoms. The third kappa shape index (κ3) is 4.31. The number of hydrogen-bond acceptors (Lipinski definition) is 5. The van der Waals surface area contributed by atoms with E-state index in [1.54, 1.807) is 26.2 Å². The number of hydrogen-bond donors (Lipinski definition) is 1. The molecule has 0 fully saturated rings. The Bertz CT molecular complexity index is 396. The Morgan fingerprint density at radius 3 is 2.83 bits per heavy atom. The summed E-state index contributed by atoms with van der Waals surface area (Å²) in [5.41, 5.74) is 0.942. The van der Waals surface area contributed by atoms with Gasteiger partial charge in [0, 0.05) is 26.3 Å². The van der Waals surface area contributed by atoms with Crippen molar-refractivity contribution in [3.8, 4) is 5.75 Å². The Morgan fingerprint density at radius 1 is 1.44 bits per heavy atom. The summed E-state index contributed by atoms with van der Waals surface area (Å²) in [5.74, 6) is 0.313. The summed E-state index contributed by atoms with van der Waals surface area (Å²) in [7, 11) is 1.64. The Morgan fingerprint density at radius 2 is 2.22 bits per heavy atom. The number of nitro groups is 1. The minimum Gasteiger partial charge on any atom is -0.487 e. The summed E-state index contributed by atoms with van der Waals surface area (Å²) in [4.78, 5) is 10.4. The first-order valence-electron chi connectivity index (χ1n) is 5.78. The Balaban J connectivity index is 2.70. The summed E-state index contributed by atoms with van der Waals surface area (Å²) in [5, 5.41) is 14.0. The van der Waals surface area contributed by atoms with Crippen LogP contribution in [-0.4, -0.2) is 31.8 Å². The van der Waals surface area contributed by atoms with Crippen molar-refractivity contribution < 1.29 is 14.4 Å². The molecular weight excluding hydrogens is 236 g/mol. The molecule has 0 aliphatic heterocycles. The molecule has 18 heavy (non-hydrogen) atoms. The third-order valence-corrected chi connectivity index (χ3v) is 2.33. The fourth-order valence-corrected chi connectivity index (χ4v) is 1.50. The normalized spacial score (nSPS) is 10.3.